The van der Waals surface area contributed by atoms with Gasteiger partial charge in [0.1, 0.15) is 0 Å². The second kappa shape index (κ2) is 2.87. The number of alkyl halides is 2. The van der Waals surface area contributed by atoms with Crippen LogP contribution in [0.2, 0.25) is 0 Å². The monoisotopic (exact) mass is 249 g/mol. The molecule has 0 aromatic carbocycles. The molecule has 1 aliphatic heterocycles. The molecule has 13 heavy (non-hydrogen) atoms. The van der Waals surface area contributed by atoms with Crippen LogP contribution in [0.3, 0.4) is 0 Å². The fourth-order valence-electron chi connectivity index (χ4n) is 1.12. The fourth-order valence-corrected chi connectivity index (χ4v) is 1.33. The van der Waals surface area contributed by atoms with Gasteiger partial charge in [-0.2, -0.15) is 0 Å². The van der Waals surface area contributed by atoms with E-state index in [1.807, 2.05) is 0 Å². The third-order valence-electron chi connectivity index (χ3n) is 1.73. The maximum Gasteiger partial charge on any atom is 0.282 e. The normalized spacial score (nSPS) is 19.8. The van der Waals surface area contributed by atoms with Crippen LogP contribution in [0.25, 0.3) is 0 Å². The molecule has 3 nitrogen and oxygen atoms in total. The molecule has 2 heterocycles. The summed E-state index contributed by atoms with van der Waals surface area (Å²) in [6.07, 6.45) is 3.08. The van der Waals surface area contributed by atoms with Crippen molar-refractivity contribution < 1.29 is 8.78 Å². The first-order chi connectivity index (χ1) is 6.07. The summed E-state index contributed by atoms with van der Waals surface area (Å²) in [5.74, 6) is -2.22. The van der Waals surface area contributed by atoms with Crippen LogP contribution >= 0.6 is 15.9 Å². The first-order valence-corrected chi connectivity index (χ1v) is 4.46. The van der Waals surface area contributed by atoms with Gasteiger partial charge >= 0.3 is 0 Å². The summed E-state index contributed by atoms with van der Waals surface area (Å²) in [7, 11) is 0. The molecule has 1 aliphatic rings. The Kier molecular flexibility index (Phi) is 1.94. The molecular formula is C7H6BrF2N3. The highest BCUT2D eigenvalue weighted by atomic mass is 79.9. The zero-order valence-electron chi connectivity index (χ0n) is 6.54. The Morgan fingerprint density at radius 2 is 1.85 bits per heavy atom. The summed E-state index contributed by atoms with van der Waals surface area (Å²) in [4.78, 5) is 9.24. The van der Waals surface area contributed by atoms with Crippen LogP contribution in [0, 0.1) is 0 Å². The van der Waals surface area contributed by atoms with Gasteiger partial charge in [0.15, 0.2) is 0 Å². The van der Waals surface area contributed by atoms with E-state index in [1.165, 1.54) is 4.90 Å². The van der Waals surface area contributed by atoms with Crippen LogP contribution in [0.15, 0.2) is 16.9 Å². The van der Waals surface area contributed by atoms with Crippen molar-refractivity contribution >= 4 is 21.9 Å². The first-order valence-electron chi connectivity index (χ1n) is 3.67. The summed E-state index contributed by atoms with van der Waals surface area (Å²) in [6.45, 7) is -0.566. The average molecular weight is 250 g/mol. The molecular weight excluding hydrogens is 244 g/mol. The highest BCUT2D eigenvalue weighted by molar-refractivity contribution is 9.10. The van der Waals surface area contributed by atoms with Crippen molar-refractivity contribution in [2.75, 3.05) is 18.0 Å². The maximum absolute atomic E-state index is 12.4. The third-order valence-corrected chi connectivity index (χ3v) is 2.14. The number of halogens is 3. The summed E-state index contributed by atoms with van der Waals surface area (Å²) < 4.78 is 25.6. The largest absolute Gasteiger partial charge is 0.329 e. The minimum absolute atomic E-state index is 0.283. The molecule has 0 amide bonds. The van der Waals surface area contributed by atoms with Crippen molar-refractivity contribution in [1.29, 1.82) is 0 Å². The molecule has 2 rings (SSSR count). The van der Waals surface area contributed by atoms with Crippen LogP contribution in [-0.4, -0.2) is 29.0 Å². The van der Waals surface area contributed by atoms with Gasteiger partial charge in [-0.15, -0.1) is 0 Å². The van der Waals surface area contributed by atoms with E-state index in [4.69, 9.17) is 0 Å². The van der Waals surface area contributed by atoms with Gasteiger partial charge in [-0.3, -0.25) is 0 Å². The lowest BCUT2D eigenvalue weighted by Gasteiger charge is -2.38. The summed E-state index contributed by atoms with van der Waals surface area (Å²) in [5, 5.41) is 0. The van der Waals surface area contributed by atoms with E-state index in [2.05, 4.69) is 25.9 Å². The number of aromatic nitrogens is 2. The van der Waals surface area contributed by atoms with Gasteiger partial charge in [0, 0.05) is 12.4 Å². The van der Waals surface area contributed by atoms with Gasteiger partial charge in [-0.1, -0.05) is 0 Å². The van der Waals surface area contributed by atoms with E-state index in [1.54, 1.807) is 12.4 Å². The second-order valence-electron chi connectivity index (χ2n) is 2.91. The SMILES string of the molecule is FC1(F)CN(c2ncc(Br)cn2)C1. The van der Waals surface area contributed by atoms with Crippen molar-refractivity contribution in [2.45, 2.75) is 5.92 Å². The van der Waals surface area contributed by atoms with Gasteiger partial charge in [-0.25, -0.2) is 18.7 Å². The van der Waals surface area contributed by atoms with Crippen molar-refractivity contribution in [3.8, 4) is 0 Å². The van der Waals surface area contributed by atoms with Crippen molar-refractivity contribution in [2.24, 2.45) is 0 Å². The summed E-state index contributed by atoms with van der Waals surface area (Å²) in [6, 6.07) is 0. The quantitative estimate of drug-likeness (QED) is 0.759. The Labute approximate surface area is 81.9 Å². The predicted octanol–water partition coefficient (Wildman–Crippen LogP) is 1.69. The number of anilines is 1. The fraction of sp³-hybridized carbons (Fsp3) is 0.429. The highest BCUT2D eigenvalue weighted by Crippen LogP contribution is 2.29. The van der Waals surface area contributed by atoms with Gasteiger partial charge in [-0.05, 0) is 15.9 Å². The molecule has 0 aliphatic carbocycles. The predicted molar refractivity (Wildman–Crippen MR) is 46.9 cm³/mol. The lowest BCUT2D eigenvalue weighted by atomic mass is 10.2. The minimum atomic E-state index is -2.57. The Bertz CT molecular complexity index is 306. The molecule has 0 unspecified atom stereocenters. The standard InChI is InChI=1S/C7H6BrF2N3/c8-5-1-11-6(12-2-5)13-3-7(9,10)4-13/h1-2H,3-4H2. The summed E-state index contributed by atoms with van der Waals surface area (Å²) >= 11 is 3.17. The smallest absolute Gasteiger partial charge is 0.282 e. The van der Waals surface area contributed by atoms with Gasteiger partial charge in [0.25, 0.3) is 5.92 Å². The van der Waals surface area contributed by atoms with Crippen molar-refractivity contribution in [3.05, 3.63) is 16.9 Å². The van der Waals surface area contributed by atoms with E-state index in [0.717, 1.165) is 4.47 Å². The second-order valence-corrected chi connectivity index (χ2v) is 3.83. The molecule has 1 saturated heterocycles. The Morgan fingerprint density at radius 3 is 2.31 bits per heavy atom. The molecule has 0 atom stereocenters. The van der Waals surface area contributed by atoms with Gasteiger partial charge in [0.2, 0.25) is 5.95 Å². The number of rotatable bonds is 1. The molecule has 0 radical (unpaired) electrons. The van der Waals surface area contributed by atoms with E-state index in [9.17, 15) is 8.78 Å². The minimum Gasteiger partial charge on any atom is -0.329 e. The third kappa shape index (κ3) is 1.77. The molecule has 1 fully saturated rings. The van der Waals surface area contributed by atoms with E-state index >= 15 is 0 Å². The van der Waals surface area contributed by atoms with E-state index in [0.29, 0.717) is 5.95 Å². The molecule has 1 aromatic rings. The molecule has 70 valence electrons. The zero-order valence-corrected chi connectivity index (χ0v) is 8.13. The molecule has 0 bridgehead atoms. The molecule has 0 saturated carbocycles. The molecule has 1 aromatic heterocycles. The molecule has 6 heteroatoms. The first kappa shape index (κ1) is 8.80. The molecule has 0 spiro atoms. The lowest BCUT2D eigenvalue weighted by Crippen LogP contribution is -2.57. The Balaban J connectivity index is 2.08. The van der Waals surface area contributed by atoms with E-state index in [-0.39, 0.29) is 13.1 Å². The number of hydrogen-bond acceptors (Lipinski definition) is 3. The van der Waals surface area contributed by atoms with Crippen molar-refractivity contribution in [1.82, 2.24) is 9.97 Å². The van der Waals surface area contributed by atoms with Crippen LogP contribution in [0.4, 0.5) is 14.7 Å². The maximum atomic E-state index is 12.4. The number of nitrogens with zero attached hydrogens (tertiary/aromatic N) is 3. The number of hydrogen-bond donors (Lipinski definition) is 0. The average Bonchev–Trinajstić information content (AvgIpc) is 2.01. The highest BCUT2D eigenvalue weighted by Gasteiger charge is 2.45. The van der Waals surface area contributed by atoms with Crippen LogP contribution < -0.4 is 4.90 Å². The zero-order chi connectivity index (χ0) is 9.47. The summed E-state index contributed by atoms with van der Waals surface area (Å²) in [5.41, 5.74) is 0. The topological polar surface area (TPSA) is 29.0 Å². The Morgan fingerprint density at radius 1 is 1.31 bits per heavy atom. The van der Waals surface area contributed by atoms with E-state index < -0.39 is 5.92 Å². The lowest BCUT2D eigenvalue weighted by molar-refractivity contribution is -0.0271. The van der Waals surface area contributed by atoms with Crippen LogP contribution in [0.1, 0.15) is 0 Å². The Hall–Kier alpha value is -0.780. The molecule has 0 N–H and O–H groups in total. The van der Waals surface area contributed by atoms with Crippen molar-refractivity contribution in [3.63, 3.8) is 0 Å². The van der Waals surface area contributed by atoms with Crippen LogP contribution in [-0.2, 0) is 0 Å². The van der Waals surface area contributed by atoms with Gasteiger partial charge < -0.3 is 4.90 Å². The van der Waals surface area contributed by atoms with Crippen LogP contribution in [0.5, 0.6) is 0 Å². The van der Waals surface area contributed by atoms with Gasteiger partial charge in [0.05, 0.1) is 17.6 Å².